The Labute approximate surface area is 145 Å². The molecule has 4 rings (SSSR count). The lowest BCUT2D eigenvalue weighted by Gasteiger charge is -2.40. The van der Waals surface area contributed by atoms with Crippen LogP contribution in [0.3, 0.4) is 0 Å². The number of anilines is 1. The van der Waals surface area contributed by atoms with Crippen LogP contribution in [0.1, 0.15) is 43.0 Å². The molecule has 2 atom stereocenters. The van der Waals surface area contributed by atoms with Crippen LogP contribution in [0.5, 0.6) is 0 Å². The zero-order valence-corrected chi connectivity index (χ0v) is 14.3. The molecule has 1 N–H and O–H groups in total. The van der Waals surface area contributed by atoms with Crippen molar-refractivity contribution in [1.29, 1.82) is 0 Å². The quantitative estimate of drug-likeness (QED) is 0.913. The van der Waals surface area contributed by atoms with Crippen LogP contribution in [0, 0.1) is 12.8 Å². The average Bonchev–Trinajstić information content (AvgIpc) is 3.21. The zero-order chi connectivity index (χ0) is 17.6. The first-order chi connectivity index (χ1) is 12.1. The summed E-state index contributed by atoms with van der Waals surface area (Å²) in [4.78, 5) is 27.4. The van der Waals surface area contributed by atoms with E-state index in [0.29, 0.717) is 18.7 Å². The Morgan fingerprint density at radius 2 is 2.16 bits per heavy atom. The van der Waals surface area contributed by atoms with Crippen LogP contribution in [0.4, 0.5) is 5.82 Å². The van der Waals surface area contributed by atoms with Crippen molar-refractivity contribution < 1.29 is 14.1 Å². The van der Waals surface area contributed by atoms with Crippen molar-refractivity contribution in [1.82, 2.24) is 19.8 Å². The lowest BCUT2D eigenvalue weighted by atomic mass is 9.85. The Kier molecular flexibility index (Phi) is 3.82. The molecule has 0 unspecified atom stereocenters. The number of likely N-dealkylation sites (tertiary alicyclic amines) is 1. The van der Waals surface area contributed by atoms with Crippen LogP contribution in [-0.4, -0.2) is 37.7 Å². The number of carbonyl (C=O) groups is 2. The maximum Gasteiger partial charge on any atom is 0.231 e. The van der Waals surface area contributed by atoms with Crippen molar-refractivity contribution in [3.05, 3.63) is 29.8 Å². The van der Waals surface area contributed by atoms with Gasteiger partial charge in [0.1, 0.15) is 6.26 Å². The smallest absolute Gasteiger partial charge is 0.231 e. The van der Waals surface area contributed by atoms with E-state index < -0.39 is 0 Å². The third-order valence-corrected chi connectivity index (χ3v) is 5.07. The van der Waals surface area contributed by atoms with Gasteiger partial charge in [-0.2, -0.15) is 5.10 Å². The highest BCUT2D eigenvalue weighted by molar-refractivity contribution is 5.94. The van der Waals surface area contributed by atoms with Crippen molar-refractivity contribution >= 4 is 17.6 Å². The van der Waals surface area contributed by atoms with Crippen LogP contribution in [-0.2, 0) is 16.6 Å². The highest BCUT2D eigenvalue weighted by Crippen LogP contribution is 2.43. The first kappa shape index (κ1) is 15.9. The van der Waals surface area contributed by atoms with E-state index in [-0.39, 0.29) is 29.8 Å². The summed E-state index contributed by atoms with van der Waals surface area (Å²) in [6.45, 7) is 1.83. The van der Waals surface area contributed by atoms with Crippen LogP contribution >= 0.6 is 0 Å². The number of carbonyl (C=O) groups excluding carboxylic acids is 2. The van der Waals surface area contributed by atoms with Gasteiger partial charge < -0.3 is 14.7 Å². The predicted molar refractivity (Wildman–Crippen MR) is 88.4 cm³/mol. The Hall–Kier alpha value is -2.64. The van der Waals surface area contributed by atoms with E-state index in [1.165, 1.54) is 6.26 Å². The number of nitrogens with one attached hydrogen (secondary N) is 1. The van der Waals surface area contributed by atoms with Gasteiger partial charge in [-0.1, -0.05) is 5.16 Å². The van der Waals surface area contributed by atoms with E-state index in [0.717, 1.165) is 24.1 Å². The zero-order valence-electron chi connectivity index (χ0n) is 14.3. The summed E-state index contributed by atoms with van der Waals surface area (Å²) >= 11 is 0. The normalized spacial score (nSPS) is 23.8. The Morgan fingerprint density at radius 3 is 2.76 bits per heavy atom. The van der Waals surface area contributed by atoms with Crippen LogP contribution in [0.15, 0.2) is 23.0 Å². The van der Waals surface area contributed by atoms with Gasteiger partial charge in [-0.3, -0.25) is 14.3 Å². The van der Waals surface area contributed by atoms with Gasteiger partial charge in [0.05, 0.1) is 17.7 Å². The minimum Gasteiger partial charge on any atom is -0.362 e. The van der Waals surface area contributed by atoms with Gasteiger partial charge in [-0.25, -0.2) is 0 Å². The molecule has 25 heavy (non-hydrogen) atoms. The molecule has 2 aromatic heterocycles. The number of aryl methyl sites for hydroxylation is 2. The second kappa shape index (κ2) is 6.02. The molecule has 8 heteroatoms. The van der Waals surface area contributed by atoms with E-state index >= 15 is 0 Å². The molecule has 0 aromatic carbocycles. The van der Waals surface area contributed by atoms with Crippen molar-refractivity contribution in [2.45, 2.75) is 44.7 Å². The fourth-order valence-electron chi connectivity index (χ4n) is 3.61. The summed E-state index contributed by atoms with van der Waals surface area (Å²) in [6.07, 6.45) is 6.10. The molecule has 132 valence electrons. The molecule has 1 aliphatic heterocycles. The Balaban J connectivity index is 1.66. The molecule has 0 bridgehead atoms. The van der Waals surface area contributed by atoms with Crippen LogP contribution in [0.25, 0.3) is 0 Å². The molecule has 2 amide bonds. The van der Waals surface area contributed by atoms with Gasteiger partial charge >= 0.3 is 0 Å². The largest absolute Gasteiger partial charge is 0.362 e. The van der Waals surface area contributed by atoms with Gasteiger partial charge in [0.25, 0.3) is 0 Å². The summed E-state index contributed by atoms with van der Waals surface area (Å²) in [5.74, 6) is 0.0742. The highest BCUT2D eigenvalue weighted by Gasteiger charge is 2.47. The number of hydrogen-bond donors (Lipinski definition) is 1. The number of nitrogens with zero attached hydrogens (tertiary/aromatic N) is 4. The number of piperidine rings is 1. The maximum absolute atomic E-state index is 13.0. The molecule has 8 nitrogen and oxygen atoms in total. The molecular formula is C17H21N5O3. The molecule has 1 saturated heterocycles. The molecular weight excluding hydrogens is 322 g/mol. The maximum atomic E-state index is 13.0. The number of aromatic nitrogens is 3. The molecule has 2 aliphatic rings. The van der Waals surface area contributed by atoms with E-state index in [1.54, 1.807) is 10.9 Å². The first-order valence-corrected chi connectivity index (χ1v) is 8.57. The monoisotopic (exact) mass is 343 g/mol. The van der Waals surface area contributed by atoms with Crippen molar-refractivity contribution in [3.8, 4) is 0 Å². The molecule has 1 saturated carbocycles. The molecule has 3 heterocycles. The molecule has 0 radical (unpaired) electrons. The Morgan fingerprint density at radius 1 is 1.36 bits per heavy atom. The first-order valence-electron chi connectivity index (χ1n) is 8.57. The lowest BCUT2D eigenvalue weighted by Crippen LogP contribution is -2.48. The number of rotatable bonds is 4. The molecule has 1 aliphatic carbocycles. The van der Waals surface area contributed by atoms with E-state index in [9.17, 15) is 9.59 Å². The third-order valence-electron chi connectivity index (χ3n) is 5.07. The standard InChI is InChI=1S/C17H21N5O3/c1-10-9-25-20-16(10)19-17(24)12-5-6-14(23)22(11-3-4-11)15(12)13-7-8-18-21(13)2/h7-9,11-12,15H,3-6H2,1-2H3,(H,19,20,24)/t12-,15-/m0/s1. The van der Waals surface area contributed by atoms with Gasteiger partial charge in [0.15, 0.2) is 5.82 Å². The third kappa shape index (κ3) is 2.81. The topological polar surface area (TPSA) is 93.3 Å². The minimum absolute atomic E-state index is 0.121. The molecule has 0 spiro atoms. The second-order valence-corrected chi connectivity index (χ2v) is 6.84. The lowest BCUT2D eigenvalue weighted by molar-refractivity contribution is -0.143. The Bertz CT molecular complexity index is 807. The fraction of sp³-hybridized carbons (Fsp3) is 0.529. The van der Waals surface area contributed by atoms with E-state index in [1.807, 2.05) is 24.9 Å². The number of amides is 2. The summed E-state index contributed by atoms with van der Waals surface area (Å²) in [6, 6.07) is 1.82. The highest BCUT2D eigenvalue weighted by atomic mass is 16.5. The SMILES string of the molecule is Cc1conc1NC(=O)[C@H]1CCC(=O)N(C2CC2)[C@@H]1c1ccnn1C. The van der Waals surface area contributed by atoms with Gasteiger partial charge in [0, 0.05) is 31.3 Å². The summed E-state index contributed by atoms with van der Waals surface area (Å²) in [5, 5.41) is 10.9. The summed E-state index contributed by atoms with van der Waals surface area (Å²) < 4.78 is 6.65. The van der Waals surface area contributed by atoms with E-state index in [2.05, 4.69) is 15.6 Å². The van der Waals surface area contributed by atoms with Gasteiger partial charge in [-0.15, -0.1) is 0 Å². The second-order valence-electron chi connectivity index (χ2n) is 6.84. The molecule has 2 aromatic rings. The van der Waals surface area contributed by atoms with Crippen LogP contribution < -0.4 is 5.32 Å². The van der Waals surface area contributed by atoms with E-state index in [4.69, 9.17) is 4.52 Å². The van der Waals surface area contributed by atoms with Gasteiger partial charge in [0.2, 0.25) is 11.8 Å². The molecule has 2 fully saturated rings. The predicted octanol–water partition coefficient (Wildman–Crippen LogP) is 1.80. The average molecular weight is 343 g/mol. The number of hydrogen-bond acceptors (Lipinski definition) is 5. The van der Waals surface area contributed by atoms with Crippen LogP contribution in [0.2, 0.25) is 0 Å². The van der Waals surface area contributed by atoms with Gasteiger partial charge in [-0.05, 0) is 32.3 Å². The summed E-state index contributed by atoms with van der Waals surface area (Å²) in [7, 11) is 1.84. The minimum atomic E-state index is -0.343. The fourth-order valence-corrected chi connectivity index (χ4v) is 3.61. The van der Waals surface area contributed by atoms with Crippen molar-refractivity contribution in [3.63, 3.8) is 0 Å². The van der Waals surface area contributed by atoms with Crippen molar-refractivity contribution in [2.75, 3.05) is 5.32 Å². The van der Waals surface area contributed by atoms with Crippen molar-refractivity contribution in [2.24, 2.45) is 13.0 Å². The summed E-state index contributed by atoms with van der Waals surface area (Å²) in [5.41, 5.74) is 1.66.